The second-order valence-electron chi connectivity index (χ2n) is 5.45. The molecule has 0 fully saturated rings. The number of amides is 1. The second kappa shape index (κ2) is 6.49. The summed E-state index contributed by atoms with van der Waals surface area (Å²) in [6, 6.07) is 10.9. The molecule has 0 saturated carbocycles. The Hall–Kier alpha value is -3.22. The maximum atomic E-state index is 12.4. The highest BCUT2D eigenvalue weighted by atomic mass is 16.5. The van der Waals surface area contributed by atoms with E-state index in [1.165, 1.54) is 0 Å². The van der Waals surface area contributed by atoms with Gasteiger partial charge in [-0.2, -0.15) is 0 Å². The van der Waals surface area contributed by atoms with Crippen LogP contribution < -0.4 is 10.6 Å². The number of benzene rings is 1. The summed E-state index contributed by atoms with van der Waals surface area (Å²) in [7, 11) is 0. The fraction of sp³-hybridized carbons (Fsp3) is 0.176. The second-order valence-corrected chi connectivity index (χ2v) is 5.45. The van der Waals surface area contributed by atoms with E-state index in [0.717, 1.165) is 5.56 Å². The first kappa shape index (κ1) is 15.7. The molecule has 0 unspecified atom stereocenters. The van der Waals surface area contributed by atoms with Crippen LogP contribution in [0.5, 0.6) is 0 Å². The first-order chi connectivity index (χ1) is 11.5. The standard InChI is InChI=1S/C17H17N5O2/c1-10-4-6-13(7-5-10)20-17(23)14-9-15(19-12(3)18-14)21-16-8-11(2)24-22-16/h4-9H,1-3H3,(H,20,23)(H,18,19,21,22). The number of carbonyl (C=O) groups is 1. The van der Waals surface area contributed by atoms with Gasteiger partial charge in [-0.25, -0.2) is 9.97 Å². The average Bonchev–Trinajstić information content (AvgIpc) is 2.94. The molecule has 0 atom stereocenters. The van der Waals surface area contributed by atoms with Crippen LogP contribution in [0.2, 0.25) is 0 Å². The van der Waals surface area contributed by atoms with E-state index >= 15 is 0 Å². The molecule has 0 aliphatic heterocycles. The molecule has 7 nitrogen and oxygen atoms in total. The van der Waals surface area contributed by atoms with Gasteiger partial charge < -0.3 is 15.2 Å². The molecule has 3 aromatic rings. The van der Waals surface area contributed by atoms with E-state index in [0.29, 0.717) is 28.9 Å². The Labute approximate surface area is 139 Å². The molecule has 24 heavy (non-hydrogen) atoms. The molecule has 2 N–H and O–H groups in total. The van der Waals surface area contributed by atoms with E-state index < -0.39 is 0 Å². The van der Waals surface area contributed by atoms with Gasteiger partial charge in [-0.3, -0.25) is 4.79 Å². The topological polar surface area (TPSA) is 92.9 Å². The number of hydrogen-bond donors (Lipinski definition) is 2. The smallest absolute Gasteiger partial charge is 0.274 e. The van der Waals surface area contributed by atoms with Crippen LogP contribution in [0, 0.1) is 20.8 Å². The van der Waals surface area contributed by atoms with Crippen molar-refractivity contribution in [1.29, 1.82) is 0 Å². The lowest BCUT2D eigenvalue weighted by molar-refractivity contribution is 0.102. The highest BCUT2D eigenvalue weighted by Gasteiger charge is 2.12. The summed E-state index contributed by atoms with van der Waals surface area (Å²) in [5.41, 5.74) is 2.11. The Bertz CT molecular complexity index is 871. The highest BCUT2D eigenvalue weighted by Crippen LogP contribution is 2.16. The quantitative estimate of drug-likeness (QED) is 0.764. The molecular formula is C17H17N5O2. The molecule has 7 heteroatoms. The Morgan fingerprint density at radius 3 is 2.42 bits per heavy atom. The number of nitrogens with zero attached hydrogens (tertiary/aromatic N) is 3. The molecule has 0 radical (unpaired) electrons. The summed E-state index contributed by atoms with van der Waals surface area (Å²) in [4.78, 5) is 20.8. The van der Waals surface area contributed by atoms with Gasteiger partial charge in [0.25, 0.3) is 5.91 Å². The van der Waals surface area contributed by atoms with Gasteiger partial charge in [-0.1, -0.05) is 22.9 Å². The van der Waals surface area contributed by atoms with E-state index in [-0.39, 0.29) is 11.6 Å². The largest absolute Gasteiger partial charge is 0.360 e. The maximum absolute atomic E-state index is 12.4. The monoisotopic (exact) mass is 323 g/mol. The number of aromatic nitrogens is 3. The lowest BCUT2D eigenvalue weighted by Crippen LogP contribution is -2.15. The van der Waals surface area contributed by atoms with E-state index in [1.807, 2.05) is 31.2 Å². The molecule has 1 aromatic carbocycles. The zero-order valence-corrected chi connectivity index (χ0v) is 13.6. The van der Waals surface area contributed by atoms with Crippen LogP contribution in [-0.2, 0) is 0 Å². The number of rotatable bonds is 4. The van der Waals surface area contributed by atoms with Gasteiger partial charge in [0.15, 0.2) is 5.82 Å². The van der Waals surface area contributed by atoms with Crippen LogP contribution in [0.3, 0.4) is 0 Å². The molecule has 122 valence electrons. The third-order valence-corrected chi connectivity index (χ3v) is 3.26. The normalized spacial score (nSPS) is 10.5. The third-order valence-electron chi connectivity index (χ3n) is 3.26. The lowest BCUT2D eigenvalue weighted by Gasteiger charge is -2.08. The Kier molecular flexibility index (Phi) is 4.24. The van der Waals surface area contributed by atoms with Crippen molar-refractivity contribution >= 4 is 23.2 Å². The van der Waals surface area contributed by atoms with Crippen molar-refractivity contribution in [3.05, 3.63) is 59.2 Å². The molecule has 1 amide bonds. The first-order valence-electron chi connectivity index (χ1n) is 7.43. The fourth-order valence-electron chi connectivity index (χ4n) is 2.14. The summed E-state index contributed by atoms with van der Waals surface area (Å²) in [6.45, 7) is 5.51. The van der Waals surface area contributed by atoms with Crippen molar-refractivity contribution < 1.29 is 9.32 Å². The van der Waals surface area contributed by atoms with Gasteiger partial charge in [0.1, 0.15) is 23.1 Å². The lowest BCUT2D eigenvalue weighted by atomic mass is 10.2. The van der Waals surface area contributed by atoms with Crippen LogP contribution in [0.4, 0.5) is 17.3 Å². The zero-order valence-electron chi connectivity index (χ0n) is 13.6. The van der Waals surface area contributed by atoms with E-state index in [2.05, 4.69) is 25.8 Å². The molecule has 0 spiro atoms. The van der Waals surface area contributed by atoms with Crippen LogP contribution in [0.15, 0.2) is 40.9 Å². The first-order valence-corrected chi connectivity index (χ1v) is 7.43. The number of hydrogen-bond acceptors (Lipinski definition) is 6. The van der Waals surface area contributed by atoms with Gasteiger partial charge in [-0.05, 0) is 32.9 Å². The van der Waals surface area contributed by atoms with E-state index in [4.69, 9.17) is 4.52 Å². The van der Waals surface area contributed by atoms with E-state index in [9.17, 15) is 4.79 Å². The molecular weight excluding hydrogens is 306 g/mol. The Balaban J connectivity index is 1.79. The van der Waals surface area contributed by atoms with Gasteiger partial charge in [0.05, 0.1) is 0 Å². The average molecular weight is 323 g/mol. The molecule has 0 saturated heterocycles. The van der Waals surface area contributed by atoms with Gasteiger partial charge in [0.2, 0.25) is 0 Å². The predicted octanol–water partition coefficient (Wildman–Crippen LogP) is 3.39. The Morgan fingerprint density at radius 1 is 1.00 bits per heavy atom. The minimum absolute atomic E-state index is 0.269. The van der Waals surface area contributed by atoms with Crippen LogP contribution >= 0.6 is 0 Å². The van der Waals surface area contributed by atoms with Crippen molar-refractivity contribution in [2.45, 2.75) is 20.8 Å². The van der Waals surface area contributed by atoms with Crippen LogP contribution in [0.25, 0.3) is 0 Å². The number of aryl methyl sites for hydroxylation is 3. The third kappa shape index (κ3) is 3.75. The maximum Gasteiger partial charge on any atom is 0.274 e. The highest BCUT2D eigenvalue weighted by molar-refractivity contribution is 6.03. The van der Waals surface area contributed by atoms with Gasteiger partial charge in [-0.15, -0.1) is 0 Å². The van der Waals surface area contributed by atoms with Crippen molar-refractivity contribution in [3.63, 3.8) is 0 Å². The van der Waals surface area contributed by atoms with Crippen LogP contribution in [0.1, 0.15) is 27.6 Å². The van der Waals surface area contributed by atoms with Crippen molar-refractivity contribution in [2.75, 3.05) is 10.6 Å². The minimum atomic E-state index is -0.302. The summed E-state index contributed by atoms with van der Waals surface area (Å²) < 4.78 is 5.00. The number of nitrogens with one attached hydrogen (secondary N) is 2. The molecule has 0 aliphatic carbocycles. The number of anilines is 3. The SMILES string of the molecule is Cc1ccc(NC(=O)c2cc(Nc3cc(C)on3)nc(C)n2)cc1. The molecule has 3 rings (SSSR count). The van der Waals surface area contributed by atoms with Gasteiger partial charge in [0, 0.05) is 17.8 Å². The summed E-state index contributed by atoms with van der Waals surface area (Å²) in [5, 5.41) is 9.66. The van der Waals surface area contributed by atoms with Gasteiger partial charge >= 0.3 is 0 Å². The van der Waals surface area contributed by atoms with Crippen LogP contribution in [-0.4, -0.2) is 21.0 Å². The van der Waals surface area contributed by atoms with E-state index in [1.54, 1.807) is 26.0 Å². The zero-order chi connectivity index (χ0) is 17.1. The Morgan fingerprint density at radius 2 is 1.75 bits per heavy atom. The fourth-order valence-corrected chi connectivity index (χ4v) is 2.14. The minimum Gasteiger partial charge on any atom is -0.360 e. The molecule has 0 bridgehead atoms. The summed E-state index contributed by atoms with van der Waals surface area (Å²) >= 11 is 0. The van der Waals surface area contributed by atoms with Crippen molar-refractivity contribution in [2.24, 2.45) is 0 Å². The number of carbonyl (C=O) groups excluding carboxylic acids is 1. The molecule has 2 heterocycles. The molecule has 0 aliphatic rings. The molecule has 2 aromatic heterocycles. The van der Waals surface area contributed by atoms with Crippen molar-refractivity contribution in [1.82, 2.24) is 15.1 Å². The summed E-state index contributed by atoms with van der Waals surface area (Å²) in [5.74, 6) is 1.86. The van der Waals surface area contributed by atoms with Crippen molar-refractivity contribution in [3.8, 4) is 0 Å². The predicted molar refractivity (Wildman–Crippen MR) is 90.4 cm³/mol. The summed E-state index contributed by atoms with van der Waals surface area (Å²) in [6.07, 6.45) is 0.